The van der Waals surface area contributed by atoms with Gasteiger partial charge in [-0.25, -0.2) is 4.39 Å². The molecule has 2 rings (SSSR count). The fourth-order valence-corrected chi connectivity index (χ4v) is 2.56. The third-order valence-corrected chi connectivity index (χ3v) is 3.82. The smallest absolute Gasteiger partial charge is 0.124 e. The van der Waals surface area contributed by atoms with Crippen molar-refractivity contribution in [3.63, 3.8) is 0 Å². The highest BCUT2D eigenvalue weighted by atomic mass is 79.9. The van der Waals surface area contributed by atoms with Gasteiger partial charge in [0, 0.05) is 20.2 Å². The van der Waals surface area contributed by atoms with Gasteiger partial charge in [0.25, 0.3) is 0 Å². The van der Waals surface area contributed by atoms with Crippen LogP contribution in [-0.4, -0.2) is 4.99 Å². The van der Waals surface area contributed by atoms with Crippen LogP contribution in [-0.2, 0) is 0 Å². The summed E-state index contributed by atoms with van der Waals surface area (Å²) in [7, 11) is 0. The molecule has 0 saturated carbocycles. The summed E-state index contributed by atoms with van der Waals surface area (Å²) in [5, 5.41) is 3.18. The maximum atomic E-state index is 13.1. The molecule has 0 radical (unpaired) electrons. The summed E-state index contributed by atoms with van der Waals surface area (Å²) in [4.78, 5) is 0.299. The van der Waals surface area contributed by atoms with Crippen molar-refractivity contribution in [2.75, 3.05) is 5.32 Å². The Kier molecular flexibility index (Phi) is 4.54. The first-order chi connectivity index (χ1) is 8.97. The Balaban J connectivity index is 2.42. The molecule has 0 saturated heterocycles. The molecule has 0 aliphatic heterocycles. The van der Waals surface area contributed by atoms with E-state index in [1.807, 2.05) is 18.2 Å². The standard InChI is InChI=1S/C13H9Br2FN2S/c14-7-1-3-9(13(17)19)12(5-7)18-11-4-2-8(16)6-10(11)15/h1-6,18H,(H2,17,19). The Labute approximate surface area is 132 Å². The predicted molar refractivity (Wildman–Crippen MR) is 87.4 cm³/mol. The van der Waals surface area contributed by atoms with E-state index in [4.69, 9.17) is 18.0 Å². The van der Waals surface area contributed by atoms with E-state index in [0.717, 1.165) is 21.4 Å². The van der Waals surface area contributed by atoms with Crippen LogP contribution in [0.25, 0.3) is 0 Å². The SMILES string of the molecule is NC(=S)c1ccc(Br)cc1Nc1ccc(F)cc1Br. The van der Waals surface area contributed by atoms with Gasteiger partial charge in [-0.05, 0) is 52.3 Å². The Morgan fingerprint density at radius 3 is 2.47 bits per heavy atom. The minimum atomic E-state index is -0.304. The van der Waals surface area contributed by atoms with Gasteiger partial charge < -0.3 is 11.1 Å². The van der Waals surface area contributed by atoms with Crippen LogP contribution in [0.4, 0.5) is 15.8 Å². The van der Waals surface area contributed by atoms with Crippen molar-refractivity contribution in [2.24, 2.45) is 5.73 Å². The number of nitrogens with two attached hydrogens (primary N) is 1. The molecule has 3 N–H and O–H groups in total. The molecule has 0 aliphatic carbocycles. The molecule has 0 bridgehead atoms. The van der Waals surface area contributed by atoms with Crippen LogP contribution in [0.2, 0.25) is 0 Å². The normalized spacial score (nSPS) is 10.3. The Morgan fingerprint density at radius 2 is 1.84 bits per heavy atom. The van der Waals surface area contributed by atoms with Gasteiger partial charge in [0.15, 0.2) is 0 Å². The first kappa shape index (κ1) is 14.4. The van der Waals surface area contributed by atoms with Crippen LogP contribution in [0, 0.1) is 5.82 Å². The Morgan fingerprint density at radius 1 is 1.11 bits per heavy atom. The van der Waals surface area contributed by atoms with E-state index < -0.39 is 0 Å². The van der Waals surface area contributed by atoms with Gasteiger partial charge in [-0.15, -0.1) is 0 Å². The molecule has 0 fully saturated rings. The number of nitrogens with one attached hydrogen (secondary N) is 1. The van der Waals surface area contributed by atoms with Gasteiger partial charge in [0.05, 0.1) is 5.69 Å². The van der Waals surface area contributed by atoms with Crippen molar-refractivity contribution in [3.8, 4) is 0 Å². The second kappa shape index (κ2) is 5.98. The lowest BCUT2D eigenvalue weighted by Crippen LogP contribution is -2.12. The fourth-order valence-electron chi connectivity index (χ4n) is 1.57. The molecule has 0 atom stereocenters. The quantitative estimate of drug-likeness (QED) is 0.727. The molecule has 2 aromatic rings. The monoisotopic (exact) mass is 402 g/mol. The zero-order valence-electron chi connectivity index (χ0n) is 9.58. The number of hydrogen-bond donors (Lipinski definition) is 2. The zero-order chi connectivity index (χ0) is 14.0. The molecule has 0 aromatic heterocycles. The van der Waals surface area contributed by atoms with Crippen molar-refractivity contribution in [1.29, 1.82) is 0 Å². The van der Waals surface area contributed by atoms with E-state index in [0.29, 0.717) is 9.46 Å². The number of anilines is 2. The lowest BCUT2D eigenvalue weighted by molar-refractivity contribution is 0.627. The van der Waals surface area contributed by atoms with Gasteiger partial charge >= 0.3 is 0 Å². The number of rotatable bonds is 3. The van der Waals surface area contributed by atoms with Gasteiger partial charge in [0.2, 0.25) is 0 Å². The first-order valence-corrected chi connectivity index (χ1v) is 7.28. The van der Waals surface area contributed by atoms with Crippen LogP contribution in [0.3, 0.4) is 0 Å². The van der Waals surface area contributed by atoms with Crippen molar-refractivity contribution in [1.82, 2.24) is 0 Å². The van der Waals surface area contributed by atoms with Gasteiger partial charge in [-0.2, -0.15) is 0 Å². The largest absolute Gasteiger partial charge is 0.389 e. The minimum absolute atomic E-state index is 0.299. The maximum absolute atomic E-state index is 13.1. The summed E-state index contributed by atoms with van der Waals surface area (Å²) in [6, 6.07) is 9.96. The average molecular weight is 404 g/mol. The van der Waals surface area contributed by atoms with Crippen molar-refractivity contribution >= 4 is 60.4 Å². The molecule has 98 valence electrons. The molecule has 2 aromatic carbocycles. The number of thiocarbonyl (C=S) groups is 1. The summed E-state index contributed by atoms with van der Waals surface area (Å²) >= 11 is 11.7. The summed E-state index contributed by atoms with van der Waals surface area (Å²) in [5.74, 6) is -0.304. The van der Waals surface area contributed by atoms with Crippen molar-refractivity contribution < 1.29 is 4.39 Å². The molecule has 0 aliphatic rings. The third kappa shape index (κ3) is 3.52. The second-order valence-electron chi connectivity index (χ2n) is 3.80. The van der Waals surface area contributed by atoms with Gasteiger partial charge in [0.1, 0.15) is 10.8 Å². The van der Waals surface area contributed by atoms with Crippen LogP contribution < -0.4 is 11.1 Å². The van der Waals surface area contributed by atoms with Crippen LogP contribution in [0.15, 0.2) is 45.3 Å². The Bertz CT molecular complexity index is 647. The fraction of sp³-hybridized carbons (Fsp3) is 0. The second-order valence-corrected chi connectivity index (χ2v) is 6.01. The number of halogens is 3. The van der Waals surface area contributed by atoms with Crippen LogP contribution >= 0.6 is 44.1 Å². The first-order valence-electron chi connectivity index (χ1n) is 5.29. The molecule has 19 heavy (non-hydrogen) atoms. The molecule has 0 spiro atoms. The van der Waals surface area contributed by atoms with Crippen LogP contribution in [0.1, 0.15) is 5.56 Å². The summed E-state index contributed by atoms with van der Waals surface area (Å²) in [6.07, 6.45) is 0. The number of hydrogen-bond acceptors (Lipinski definition) is 2. The van der Waals surface area contributed by atoms with E-state index in [-0.39, 0.29) is 5.82 Å². The molecule has 0 heterocycles. The van der Waals surface area contributed by atoms with E-state index >= 15 is 0 Å². The lowest BCUT2D eigenvalue weighted by Gasteiger charge is -2.13. The molecular formula is C13H9Br2FN2S. The topological polar surface area (TPSA) is 38.0 Å². The van der Waals surface area contributed by atoms with E-state index in [9.17, 15) is 4.39 Å². The van der Waals surface area contributed by atoms with Crippen LogP contribution in [0.5, 0.6) is 0 Å². The molecule has 0 unspecified atom stereocenters. The highest BCUT2D eigenvalue weighted by Gasteiger charge is 2.08. The average Bonchev–Trinajstić information content (AvgIpc) is 2.32. The number of benzene rings is 2. The molecule has 2 nitrogen and oxygen atoms in total. The van der Waals surface area contributed by atoms with Crippen molar-refractivity contribution in [3.05, 3.63) is 56.7 Å². The third-order valence-electron chi connectivity index (χ3n) is 2.45. The summed E-state index contributed by atoms with van der Waals surface area (Å²) in [6.45, 7) is 0. The molecular weight excluding hydrogens is 395 g/mol. The summed E-state index contributed by atoms with van der Waals surface area (Å²) in [5.41, 5.74) is 7.91. The molecule has 0 amide bonds. The zero-order valence-corrected chi connectivity index (χ0v) is 13.6. The molecule has 6 heteroatoms. The highest BCUT2D eigenvalue weighted by Crippen LogP contribution is 2.30. The van der Waals surface area contributed by atoms with Gasteiger partial charge in [-0.1, -0.05) is 28.1 Å². The minimum Gasteiger partial charge on any atom is -0.389 e. The van der Waals surface area contributed by atoms with E-state index in [2.05, 4.69) is 37.2 Å². The lowest BCUT2D eigenvalue weighted by atomic mass is 10.1. The van der Waals surface area contributed by atoms with E-state index in [1.165, 1.54) is 12.1 Å². The predicted octanol–water partition coefficient (Wildman–Crippen LogP) is 4.73. The summed E-state index contributed by atoms with van der Waals surface area (Å²) < 4.78 is 14.6. The maximum Gasteiger partial charge on any atom is 0.124 e. The van der Waals surface area contributed by atoms with Crippen molar-refractivity contribution in [2.45, 2.75) is 0 Å². The van der Waals surface area contributed by atoms with Gasteiger partial charge in [-0.3, -0.25) is 0 Å². The Hall–Kier alpha value is -0.980. The van der Waals surface area contributed by atoms with E-state index in [1.54, 1.807) is 6.07 Å². The highest BCUT2D eigenvalue weighted by molar-refractivity contribution is 9.10.